The van der Waals surface area contributed by atoms with Crippen LogP contribution in [-0.4, -0.2) is 28.5 Å². The highest BCUT2D eigenvalue weighted by atomic mass is 35.5. The second kappa shape index (κ2) is 9.00. The second-order valence-corrected chi connectivity index (χ2v) is 6.06. The van der Waals surface area contributed by atoms with Gasteiger partial charge in [0, 0.05) is 11.1 Å². The maximum atomic E-state index is 11.9. The third-order valence-electron chi connectivity index (χ3n) is 3.41. The van der Waals surface area contributed by atoms with Crippen LogP contribution in [0.1, 0.15) is 40.5 Å². The number of aryl methyl sites for hydroxylation is 1. The quantitative estimate of drug-likeness (QED) is 0.617. The summed E-state index contributed by atoms with van der Waals surface area (Å²) in [5.41, 5.74) is 1.79. The van der Waals surface area contributed by atoms with Gasteiger partial charge in [0.2, 0.25) is 0 Å². The number of halogens is 1. The smallest absolute Gasteiger partial charge is 0.196 e. The van der Waals surface area contributed by atoms with Crippen molar-refractivity contribution >= 4 is 17.1 Å². The molecule has 2 rings (SSSR count). The number of aliphatic hydroxyl groups excluding tert-OH is 1. The molecule has 22 heavy (non-hydrogen) atoms. The Hall–Kier alpha value is -1.27. The molecule has 0 saturated carbocycles. The summed E-state index contributed by atoms with van der Waals surface area (Å²) in [7, 11) is 0. The Morgan fingerprint density at radius 3 is 2.64 bits per heavy atom. The fourth-order valence-electron chi connectivity index (χ4n) is 2.15. The number of nitrogens with zero attached hydrogens (tertiary/aromatic N) is 1. The molecule has 0 aliphatic rings. The monoisotopic (exact) mass is 340 g/mol. The van der Waals surface area contributed by atoms with Gasteiger partial charge in [-0.15, -0.1) is 11.3 Å². The van der Waals surface area contributed by atoms with Crippen molar-refractivity contribution in [2.45, 2.75) is 32.4 Å². The summed E-state index contributed by atoms with van der Waals surface area (Å²) < 4.78 is 0. The molecule has 0 aliphatic carbocycles. The number of carbonyl (C=O) groups excluding carboxylic acids is 1. The van der Waals surface area contributed by atoms with Crippen LogP contribution in [0.15, 0.2) is 35.7 Å². The molecule has 0 spiro atoms. The standard InChI is InChI=1S/C16H20N2O2S.ClH/c1-11-10-21-16(18-11)14(19)8-9-17-12(2)15(20)13-6-4-3-5-7-13;/h3-7,10,12,15,17,20H,8-9H2,1-2H3;1H. The third kappa shape index (κ3) is 5.18. The lowest BCUT2D eigenvalue weighted by molar-refractivity contribution is -0.693. The Kier molecular flexibility index (Phi) is 7.68. The minimum Gasteiger partial charge on any atom is -1.00 e. The number of rotatable bonds is 7. The van der Waals surface area contributed by atoms with Gasteiger partial charge in [0.25, 0.3) is 0 Å². The van der Waals surface area contributed by atoms with Crippen LogP contribution < -0.4 is 17.7 Å². The van der Waals surface area contributed by atoms with Crippen molar-refractivity contribution in [3.63, 3.8) is 0 Å². The topological polar surface area (TPSA) is 66.8 Å². The molecule has 2 unspecified atom stereocenters. The predicted molar refractivity (Wildman–Crippen MR) is 83.5 cm³/mol. The molecule has 0 saturated heterocycles. The van der Waals surface area contributed by atoms with Crippen LogP contribution in [-0.2, 0) is 0 Å². The van der Waals surface area contributed by atoms with E-state index in [9.17, 15) is 9.90 Å². The summed E-state index contributed by atoms with van der Waals surface area (Å²) in [6.45, 7) is 4.51. The molecular weight excluding hydrogens is 320 g/mol. The molecule has 120 valence electrons. The molecule has 0 radical (unpaired) electrons. The average Bonchev–Trinajstić information content (AvgIpc) is 2.94. The summed E-state index contributed by atoms with van der Waals surface area (Å²) in [4.78, 5) is 16.1. The van der Waals surface area contributed by atoms with Gasteiger partial charge in [-0.05, 0) is 19.4 Å². The first-order chi connectivity index (χ1) is 10.1. The van der Waals surface area contributed by atoms with Gasteiger partial charge in [0.15, 0.2) is 10.8 Å². The van der Waals surface area contributed by atoms with E-state index >= 15 is 0 Å². The van der Waals surface area contributed by atoms with Crippen molar-refractivity contribution in [2.24, 2.45) is 0 Å². The van der Waals surface area contributed by atoms with Gasteiger partial charge in [-0.3, -0.25) is 4.79 Å². The van der Waals surface area contributed by atoms with Crippen LogP contribution in [0.5, 0.6) is 0 Å². The zero-order chi connectivity index (χ0) is 15.2. The van der Waals surface area contributed by atoms with E-state index in [1.807, 2.05) is 54.9 Å². The largest absolute Gasteiger partial charge is 1.00 e. The van der Waals surface area contributed by atoms with E-state index in [0.717, 1.165) is 11.3 Å². The molecule has 2 aromatic rings. The summed E-state index contributed by atoms with van der Waals surface area (Å²) in [5.74, 6) is 0.0748. The van der Waals surface area contributed by atoms with Crippen LogP contribution >= 0.6 is 11.3 Å². The van der Waals surface area contributed by atoms with Gasteiger partial charge in [-0.25, -0.2) is 4.98 Å². The van der Waals surface area contributed by atoms with E-state index in [1.54, 1.807) is 0 Å². The molecule has 3 N–H and O–H groups in total. The van der Waals surface area contributed by atoms with Crippen molar-refractivity contribution in [3.05, 3.63) is 52.0 Å². The van der Waals surface area contributed by atoms with Crippen molar-refractivity contribution in [1.82, 2.24) is 4.98 Å². The molecule has 0 bridgehead atoms. The number of nitrogens with two attached hydrogens (primary N) is 1. The second-order valence-electron chi connectivity index (χ2n) is 5.21. The maximum absolute atomic E-state index is 11.9. The van der Waals surface area contributed by atoms with E-state index in [4.69, 9.17) is 0 Å². The number of hydrogen-bond acceptors (Lipinski definition) is 4. The predicted octanol–water partition coefficient (Wildman–Crippen LogP) is -1.29. The average molecular weight is 341 g/mol. The Morgan fingerprint density at radius 2 is 2.05 bits per heavy atom. The lowest BCUT2D eigenvalue weighted by atomic mass is 10.0. The lowest BCUT2D eigenvalue weighted by Crippen LogP contribution is -3.00. The number of carbonyl (C=O) groups is 1. The molecule has 0 amide bonds. The number of benzene rings is 1. The molecule has 1 heterocycles. The Morgan fingerprint density at radius 1 is 1.36 bits per heavy atom. The minimum absolute atomic E-state index is 0. The number of hydrogen-bond donors (Lipinski definition) is 2. The van der Waals surface area contributed by atoms with E-state index < -0.39 is 6.10 Å². The van der Waals surface area contributed by atoms with Crippen molar-refractivity contribution < 1.29 is 27.6 Å². The van der Waals surface area contributed by atoms with E-state index in [2.05, 4.69) is 4.98 Å². The molecule has 4 nitrogen and oxygen atoms in total. The molecule has 6 heteroatoms. The van der Waals surface area contributed by atoms with Crippen LogP contribution in [0, 0.1) is 6.92 Å². The van der Waals surface area contributed by atoms with E-state index in [-0.39, 0.29) is 24.2 Å². The van der Waals surface area contributed by atoms with Gasteiger partial charge in [0.1, 0.15) is 12.1 Å². The SMILES string of the molecule is Cc1csc(C(=O)CC[NH2+]C(C)C(O)c2ccccc2)n1.[Cl-]. The van der Waals surface area contributed by atoms with Gasteiger partial charge in [0.05, 0.1) is 13.0 Å². The first-order valence-electron chi connectivity index (χ1n) is 7.09. The number of thiazole rings is 1. The number of ketones is 1. The first kappa shape index (κ1) is 18.8. The molecule has 0 aliphatic heterocycles. The third-order valence-corrected chi connectivity index (χ3v) is 4.41. The Balaban J connectivity index is 0.00000242. The molecule has 2 atom stereocenters. The summed E-state index contributed by atoms with van der Waals surface area (Å²) in [6.07, 6.45) is -0.0814. The summed E-state index contributed by atoms with van der Waals surface area (Å²) in [5, 5.41) is 14.7. The fourth-order valence-corrected chi connectivity index (χ4v) is 2.91. The van der Waals surface area contributed by atoms with E-state index in [1.165, 1.54) is 11.3 Å². The van der Waals surface area contributed by atoms with Gasteiger partial charge in [-0.2, -0.15) is 0 Å². The zero-order valence-corrected chi connectivity index (χ0v) is 14.3. The minimum atomic E-state index is -0.525. The zero-order valence-electron chi connectivity index (χ0n) is 12.7. The van der Waals surface area contributed by atoms with Crippen LogP contribution in [0.3, 0.4) is 0 Å². The maximum Gasteiger partial charge on any atom is 0.196 e. The summed E-state index contributed by atoms with van der Waals surface area (Å²) >= 11 is 1.40. The number of aliphatic hydroxyl groups is 1. The van der Waals surface area contributed by atoms with Crippen LogP contribution in [0.4, 0.5) is 0 Å². The highest BCUT2D eigenvalue weighted by Crippen LogP contribution is 2.14. The summed E-state index contributed by atoms with van der Waals surface area (Å²) in [6, 6.07) is 9.60. The van der Waals surface area contributed by atoms with Crippen molar-refractivity contribution in [2.75, 3.05) is 6.54 Å². The molecular formula is C16H21ClN2O2S. The molecule has 0 fully saturated rings. The number of aromatic nitrogens is 1. The van der Waals surface area contributed by atoms with Crippen LogP contribution in [0.2, 0.25) is 0 Å². The lowest BCUT2D eigenvalue weighted by Gasteiger charge is -2.17. The van der Waals surface area contributed by atoms with Crippen molar-refractivity contribution in [1.29, 1.82) is 0 Å². The van der Waals surface area contributed by atoms with Gasteiger partial charge >= 0.3 is 0 Å². The number of Topliss-reactive ketones (excluding diaryl/α,β-unsaturated/α-hetero) is 1. The van der Waals surface area contributed by atoms with Gasteiger partial charge in [-0.1, -0.05) is 30.3 Å². The highest BCUT2D eigenvalue weighted by molar-refractivity contribution is 7.11. The Bertz CT molecular complexity index is 589. The first-order valence-corrected chi connectivity index (χ1v) is 7.97. The number of quaternary nitrogens is 1. The molecule has 1 aromatic carbocycles. The normalized spacial score (nSPS) is 13.2. The highest BCUT2D eigenvalue weighted by Gasteiger charge is 2.19. The fraction of sp³-hybridized carbons (Fsp3) is 0.375. The molecule has 1 aromatic heterocycles. The van der Waals surface area contributed by atoms with Crippen molar-refractivity contribution in [3.8, 4) is 0 Å². The van der Waals surface area contributed by atoms with Crippen LogP contribution in [0.25, 0.3) is 0 Å². The van der Waals surface area contributed by atoms with E-state index in [0.29, 0.717) is 18.0 Å². The Labute approximate surface area is 141 Å². The van der Waals surface area contributed by atoms with Gasteiger partial charge < -0.3 is 22.8 Å².